The highest BCUT2D eigenvalue weighted by atomic mass is 32.2. The highest BCUT2D eigenvalue weighted by molar-refractivity contribution is 7.99. The first-order chi connectivity index (χ1) is 9.40. The van der Waals surface area contributed by atoms with Gasteiger partial charge in [0.1, 0.15) is 5.76 Å². The van der Waals surface area contributed by atoms with Crippen molar-refractivity contribution in [3.8, 4) is 0 Å². The van der Waals surface area contributed by atoms with Crippen molar-refractivity contribution < 1.29 is 19.2 Å². The number of hydrogen-bond acceptors (Lipinski definition) is 5. The van der Waals surface area contributed by atoms with Gasteiger partial charge < -0.3 is 9.52 Å². The zero-order valence-corrected chi connectivity index (χ0v) is 11.6. The van der Waals surface area contributed by atoms with E-state index in [1.54, 1.807) is 19.9 Å². The Labute approximate surface area is 118 Å². The fraction of sp³-hybridized carbons (Fsp3) is 0.154. The second kappa shape index (κ2) is 5.38. The third kappa shape index (κ3) is 2.67. The predicted molar refractivity (Wildman–Crippen MR) is 72.4 cm³/mol. The summed E-state index contributed by atoms with van der Waals surface area (Å²) < 4.78 is 5.16. The molecule has 0 saturated heterocycles. The molecule has 1 aromatic heterocycles. The van der Waals surface area contributed by atoms with Crippen LogP contribution < -0.4 is 0 Å². The van der Waals surface area contributed by atoms with E-state index < -0.39 is 10.9 Å². The largest absolute Gasteiger partial charge is 0.478 e. The maximum Gasteiger partial charge on any atom is 0.335 e. The summed E-state index contributed by atoms with van der Waals surface area (Å²) in [6.45, 7) is 3.37. The van der Waals surface area contributed by atoms with Crippen LogP contribution in [0.3, 0.4) is 0 Å². The molecule has 0 fully saturated rings. The second-order valence-corrected chi connectivity index (χ2v) is 5.21. The van der Waals surface area contributed by atoms with Gasteiger partial charge in [-0.1, -0.05) is 11.8 Å². The summed E-state index contributed by atoms with van der Waals surface area (Å²) >= 11 is 1.25. The van der Waals surface area contributed by atoms with E-state index in [0.717, 1.165) is 11.0 Å². The molecular weight excluding hydrogens is 282 g/mol. The first kappa shape index (κ1) is 14.1. The van der Waals surface area contributed by atoms with Crippen molar-refractivity contribution in [2.24, 2.45) is 0 Å². The molecule has 0 amide bonds. The van der Waals surface area contributed by atoms with Gasteiger partial charge in [-0.25, -0.2) is 4.79 Å². The lowest BCUT2D eigenvalue weighted by Crippen LogP contribution is -2.01. The summed E-state index contributed by atoms with van der Waals surface area (Å²) in [7, 11) is 0. The number of nitro groups is 1. The Bertz CT molecular complexity index is 692. The van der Waals surface area contributed by atoms with Crippen LogP contribution in [0.25, 0.3) is 0 Å². The number of rotatable bonds is 4. The van der Waals surface area contributed by atoms with Crippen LogP contribution in [0.5, 0.6) is 0 Å². The lowest BCUT2D eigenvalue weighted by molar-refractivity contribution is -0.385. The normalized spacial score (nSPS) is 10.5. The van der Waals surface area contributed by atoms with Gasteiger partial charge in [0.15, 0.2) is 0 Å². The number of furan rings is 1. The Morgan fingerprint density at radius 3 is 2.55 bits per heavy atom. The summed E-state index contributed by atoms with van der Waals surface area (Å²) in [4.78, 5) is 22.8. The van der Waals surface area contributed by atoms with Crippen LogP contribution in [0.15, 0.2) is 38.7 Å². The average molecular weight is 293 g/mol. The monoisotopic (exact) mass is 293 g/mol. The Hall–Kier alpha value is -2.28. The highest BCUT2D eigenvalue weighted by Gasteiger charge is 2.20. The molecule has 0 atom stereocenters. The number of nitro benzene ring substituents is 1. The number of nitrogens with zero attached hydrogens (tertiary/aromatic N) is 1. The summed E-state index contributed by atoms with van der Waals surface area (Å²) in [6, 6.07) is 4.24. The zero-order valence-electron chi connectivity index (χ0n) is 10.7. The minimum atomic E-state index is -1.20. The number of hydrogen-bond donors (Lipinski definition) is 1. The number of carbonyl (C=O) groups is 1. The van der Waals surface area contributed by atoms with E-state index in [0.29, 0.717) is 16.2 Å². The van der Waals surface area contributed by atoms with Gasteiger partial charge in [0, 0.05) is 16.5 Å². The number of carboxylic acid groups (broad SMARTS) is 1. The fourth-order valence-electron chi connectivity index (χ4n) is 1.69. The molecule has 7 heteroatoms. The molecule has 1 N–H and O–H groups in total. The topological polar surface area (TPSA) is 93.6 Å². The quantitative estimate of drug-likeness (QED) is 0.683. The maximum absolute atomic E-state index is 11.1. The second-order valence-electron chi connectivity index (χ2n) is 4.12. The molecule has 1 heterocycles. The van der Waals surface area contributed by atoms with E-state index in [1.807, 2.05) is 0 Å². The highest BCUT2D eigenvalue weighted by Crippen LogP contribution is 2.37. The Morgan fingerprint density at radius 1 is 1.35 bits per heavy atom. The molecule has 0 aliphatic heterocycles. The van der Waals surface area contributed by atoms with Crippen LogP contribution >= 0.6 is 11.8 Å². The van der Waals surface area contributed by atoms with Crippen molar-refractivity contribution in [3.05, 3.63) is 51.5 Å². The van der Waals surface area contributed by atoms with Crippen LogP contribution in [0.4, 0.5) is 5.69 Å². The zero-order chi connectivity index (χ0) is 14.9. The Kier molecular flexibility index (Phi) is 3.80. The number of benzene rings is 1. The Morgan fingerprint density at radius 2 is 2.05 bits per heavy atom. The molecule has 0 unspecified atom stereocenters. The summed E-state index contributed by atoms with van der Waals surface area (Å²) in [5.41, 5.74) is 0.130. The van der Waals surface area contributed by atoms with Crippen molar-refractivity contribution in [2.45, 2.75) is 23.6 Å². The van der Waals surface area contributed by atoms with Gasteiger partial charge in [0.2, 0.25) is 0 Å². The van der Waals surface area contributed by atoms with Gasteiger partial charge in [0.25, 0.3) is 5.69 Å². The van der Waals surface area contributed by atoms with E-state index in [1.165, 1.54) is 24.1 Å². The van der Waals surface area contributed by atoms with E-state index in [-0.39, 0.29) is 11.3 Å². The molecular formula is C13H11NO5S. The molecule has 104 valence electrons. The van der Waals surface area contributed by atoms with Crippen molar-refractivity contribution in [1.82, 2.24) is 0 Å². The standard InChI is InChI=1S/C13H11NO5S/c1-7-10(14(17)18)5-9(13(15)16)6-12(7)20-11-3-4-19-8(11)2/h3-6H,1-2H3,(H,15,16). The van der Waals surface area contributed by atoms with Gasteiger partial charge in [-0.05, 0) is 26.0 Å². The van der Waals surface area contributed by atoms with Crippen molar-refractivity contribution in [2.75, 3.05) is 0 Å². The van der Waals surface area contributed by atoms with Gasteiger partial charge >= 0.3 is 5.97 Å². The SMILES string of the molecule is Cc1occc1Sc1cc(C(=O)O)cc([N+](=O)[O-])c1C. The molecule has 6 nitrogen and oxygen atoms in total. The summed E-state index contributed by atoms with van der Waals surface area (Å²) in [5.74, 6) is -0.517. The molecule has 0 radical (unpaired) electrons. The van der Waals surface area contributed by atoms with E-state index in [4.69, 9.17) is 9.52 Å². The molecule has 2 rings (SSSR count). The molecule has 2 aromatic rings. The lowest BCUT2D eigenvalue weighted by atomic mass is 10.1. The van der Waals surface area contributed by atoms with E-state index >= 15 is 0 Å². The van der Waals surface area contributed by atoms with Gasteiger partial charge in [0.05, 0.1) is 21.6 Å². The summed E-state index contributed by atoms with van der Waals surface area (Å²) in [5, 5.41) is 20.0. The minimum Gasteiger partial charge on any atom is -0.478 e. The van der Waals surface area contributed by atoms with Gasteiger partial charge in [-0.2, -0.15) is 0 Å². The molecule has 0 spiro atoms. The van der Waals surface area contributed by atoms with Crippen molar-refractivity contribution in [3.63, 3.8) is 0 Å². The van der Waals surface area contributed by atoms with Gasteiger partial charge in [-0.15, -0.1) is 0 Å². The first-order valence-corrected chi connectivity index (χ1v) is 6.46. The minimum absolute atomic E-state index is 0.106. The van der Waals surface area contributed by atoms with Crippen LogP contribution in [0.2, 0.25) is 0 Å². The number of carboxylic acids is 1. The third-order valence-electron chi connectivity index (χ3n) is 2.81. The van der Waals surface area contributed by atoms with E-state index in [9.17, 15) is 14.9 Å². The number of aryl methyl sites for hydroxylation is 1. The third-order valence-corrected chi connectivity index (χ3v) is 4.09. The van der Waals surface area contributed by atoms with Crippen molar-refractivity contribution >= 4 is 23.4 Å². The predicted octanol–water partition coefficient (Wildman–Crippen LogP) is 3.65. The number of aromatic carboxylic acids is 1. The smallest absolute Gasteiger partial charge is 0.335 e. The molecule has 0 aliphatic carbocycles. The van der Waals surface area contributed by atoms with Crippen LogP contribution in [0.1, 0.15) is 21.7 Å². The molecule has 1 aromatic carbocycles. The van der Waals surface area contributed by atoms with E-state index in [2.05, 4.69) is 0 Å². The molecule has 20 heavy (non-hydrogen) atoms. The molecule has 0 saturated carbocycles. The maximum atomic E-state index is 11.1. The van der Waals surface area contributed by atoms with Crippen molar-refractivity contribution in [1.29, 1.82) is 0 Å². The first-order valence-electron chi connectivity index (χ1n) is 5.64. The Balaban J connectivity index is 2.54. The van der Waals surface area contributed by atoms with Gasteiger partial charge in [-0.3, -0.25) is 10.1 Å². The molecule has 0 bridgehead atoms. The van der Waals surface area contributed by atoms with Crippen LogP contribution in [-0.4, -0.2) is 16.0 Å². The van der Waals surface area contributed by atoms with Crippen LogP contribution in [0, 0.1) is 24.0 Å². The average Bonchev–Trinajstić information content (AvgIpc) is 2.76. The fourth-order valence-corrected chi connectivity index (χ4v) is 2.69. The summed E-state index contributed by atoms with van der Waals surface area (Å²) in [6.07, 6.45) is 1.52. The van der Waals surface area contributed by atoms with Crippen LogP contribution in [-0.2, 0) is 0 Å². The molecule has 0 aliphatic rings. The lowest BCUT2D eigenvalue weighted by Gasteiger charge is -2.07.